The molecule has 0 heterocycles. The third-order valence-corrected chi connectivity index (χ3v) is 10.7. The molecule has 0 aromatic heterocycles. The monoisotopic (exact) mass is 691 g/mol. The summed E-state index contributed by atoms with van der Waals surface area (Å²) in [5, 5.41) is 4.11. The molecule has 1 saturated carbocycles. The first-order valence-corrected chi connectivity index (χ1v) is 18.0. The van der Waals surface area contributed by atoms with Crippen LogP contribution >= 0.6 is 23.2 Å². The van der Waals surface area contributed by atoms with Gasteiger partial charge in [-0.3, -0.25) is 13.9 Å². The molecule has 5 rings (SSSR count). The molecule has 4 aromatic rings. The van der Waals surface area contributed by atoms with Gasteiger partial charge in [-0.25, -0.2) is 8.42 Å². The van der Waals surface area contributed by atoms with Crippen LogP contribution in [0.3, 0.4) is 0 Å². The molecule has 1 atom stereocenters. The highest BCUT2D eigenvalue weighted by atomic mass is 35.5. The number of carbonyl (C=O) groups excluding carboxylic acids is 2. The van der Waals surface area contributed by atoms with Gasteiger partial charge in [0, 0.05) is 29.1 Å². The van der Waals surface area contributed by atoms with Gasteiger partial charge in [0.05, 0.1) is 10.6 Å². The second-order valence-electron chi connectivity index (χ2n) is 12.0. The van der Waals surface area contributed by atoms with Crippen LogP contribution in [0.5, 0.6) is 0 Å². The van der Waals surface area contributed by atoms with Gasteiger partial charge in [-0.15, -0.1) is 0 Å². The van der Waals surface area contributed by atoms with Gasteiger partial charge in [0.2, 0.25) is 11.8 Å². The van der Waals surface area contributed by atoms with Crippen LogP contribution in [0.4, 0.5) is 5.69 Å². The highest BCUT2D eigenvalue weighted by Gasteiger charge is 2.35. The van der Waals surface area contributed by atoms with Gasteiger partial charge in [-0.05, 0) is 79.4 Å². The van der Waals surface area contributed by atoms with Gasteiger partial charge in [0.25, 0.3) is 10.0 Å². The van der Waals surface area contributed by atoms with Crippen molar-refractivity contribution < 1.29 is 18.0 Å². The number of nitrogens with one attached hydrogen (secondary N) is 1. The molecule has 1 N–H and O–H groups in total. The highest BCUT2D eigenvalue weighted by molar-refractivity contribution is 7.92. The number of halogens is 2. The highest BCUT2D eigenvalue weighted by Crippen LogP contribution is 2.27. The number of aryl methyl sites for hydroxylation is 1. The lowest BCUT2D eigenvalue weighted by atomic mass is 9.94. The summed E-state index contributed by atoms with van der Waals surface area (Å²) in [4.78, 5) is 30.3. The standard InChI is InChI=1S/C37H39Cl2N3O4S/c1-27-15-19-33(20-16-27)42(47(45,46)34-21-17-30(38)18-22-34)26-36(43)41(25-29-11-8-12-31(39)23-29)35(24-28-9-4-2-5-10-28)37(44)40-32-13-6-3-7-14-32/h2,4-5,8-12,15-23,32,35H,3,6-7,13-14,24-26H2,1H3,(H,40,44). The summed E-state index contributed by atoms with van der Waals surface area (Å²) in [6.45, 7) is 1.42. The number of nitrogens with zero attached hydrogens (tertiary/aromatic N) is 2. The number of hydrogen-bond donors (Lipinski definition) is 1. The van der Waals surface area contributed by atoms with Crippen molar-refractivity contribution >= 4 is 50.7 Å². The molecule has 10 heteroatoms. The molecule has 0 saturated heterocycles. The molecular weight excluding hydrogens is 653 g/mol. The molecule has 7 nitrogen and oxygen atoms in total. The van der Waals surface area contributed by atoms with Gasteiger partial charge >= 0.3 is 0 Å². The number of sulfonamides is 1. The van der Waals surface area contributed by atoms with Crippen LogP contribution in [-0.2, 0) is 32.6 Å². The van der Waals surface area contributed by atoms with Crippen LogP contribution in [-0.4, -0.2) is 43.8 Å². The molecule has 1 aliphatic rings. The summed E-state index contributed by atoms with van der Waals surface area (Å²) in [6.07, 6.45) is 5.22. The lowest BCUT2D eigenvalue weighted by molar-refractivity contribution is -0.140. The van der Waals surface area contributed by atoms with Crippen LogP contribution in [0.2, 0.25) is 10.0 Å². The number of hydrogen-bond acceptors (Lipinski definition) is 4. The van der Waals surface area contributed by atoms with E-state index in [9.17, 15) is 18.0 Å². The second kappa shape index (κ2) is 15.8. The molecule has 1 fully saturated rings. The average Bonchev–Trinajstić information content (AvgIpc) is 3.06. The predicted molar refractivity (Wildman–Crippen MR) is 188 cm³/mol. The topological polar surface area (TPSA) is 86.8 Å². The van der Waals surface area contributed by atoms with Crippen LogP contribution < -0.4 is 9.62 Å². The fourth-order valence-corrected chi connectivity index (χ4v) is 7.66. The van der Waals surface area contributed by atoms with Crippen molar-refractivity contribution in [1.29, 1.82) is 0 Å². The molecule has 1 aliphatic carbocycles. The molecule has 246 valence electrons. The molecule has 0 aliphatic heterocycles. The molecule has 2 amide bonds. The Morgan fingerprint density at radius 3 is 2.13 bits per heavy atom. The average molecular weight is 693 g/mol. The van der Waals surface area contributed by atoms with Gasteiger partial charge in [-0.2, -0.15) is 0 Å². The summed E-state index contributed by atoms with van der Waals surface area (Å²) < 4.78 is 29.4. The van der Waals surface area contributed by atoms with Crippen LogP contribution in [0.15, 0.2) is 108 Å². The van der Waals surface area contributed by atoms with E-state index in [2.05, 4.69) is 5.32 Å². The third kappa shape index (κ3) is 9.15. The Hall–Kier alpha value is -3.85. The molecule has 1 unspecified atom stereocenters. The second-order valence-corrected chi connectivity index (χ2v) is 14.7. The SMILES string of the molecule is Cc1ccc(N(CC(=O)N(Cc2cccc(Cl)c2)C(Cc2ccccc2)C(=O)NC2CCCCC2)S(=O)(=O)c2ccc(Cl)cc2)cc1. The zero-order chi connectivity index (χ0) is 33.4. The quantitative estimate of drug-likeness (QED) is 0.166. The Morgan fingerprint density at radius 2 is 1.47 bits per heavy atom. The summed E-state index contributed by atoms with van der Waals surface area (Å²) >= 11 is 12.4. The summed E-state index contributed by atoms with van der Waals surface area (Å²) in [5.41, 5.74) is 2.86. The zero-order valence-electron chi connectivity index (χ0n) is 26.3. The number of rotatable bonds is 12. The van der Waals surface area contributed by atoms with Crippen molar-refractivity contribution in [3.05, 3.63) is 130 Å². The minimum atomic E-state index is -4.21. The Kier molecular flexibility index (Phi) is 11.6. The maximum absolute atomic E-state index is 14.6. The fraction of sp³-hybridized carbons (Fsp3) is 0.297. The Labute approximate surface area is 287 Å². The van der Waals surface area contributed by atoms with Crippen molar-refractivity contribution in [3.63, 3.8) is 0 Å². The van der Waals surface area contributed by atoms with Gasteiger partial charge < -0.3 is 10.2 Å². The minimum absolute atomic E-state index is 0.00690. The molecule has 0 radical (unpaired) electrons. The van der Waals surface area contributed by atoms with E-state index in [4.69, 9.17) is 23.2 Å². The number of benzene rings is 4. The maximum atomic E-state index is 14.6. The molecule has 47 heavy (non-hydrogen) atoms. The van der Waals surface area contributed by atoms with Gasteiger partial charge in [0.15, 0.2) is 0 Å². The van der Waals surface area contributed by atoms with Crippen molar-refractivity contribution in [2.45, 2.75) is 69.0 Å². The lowest BCUT2D eigenvalue weighted by Gasteiger charge is -2.35. The summed E-state index contributed by atoms with van der Waals surface area (Å²) in [7, 11) is -4.21. The van der Waals surface area contributed by atoms with E-state index in [1.165, 1.54) is 29.2 Å². The van der Waals surface area contributed by atoms with Crippen molar-refractivity contribution in [2.24, 2.45) is 0 Å². The van der Waals surface area contributed by atoms with Crippen molar-refractivity contribution in [2.75, 3.05) is 10.8 Å². The molecule has 0 bridgehead atoms. The first-order chi connectivity index (χ1) is 22.6. The van der Waals surface area contributed by atoms with Crippen molar-refractivity contribution in [3.8, 4) is 0 Å². The number of amides is 2. The Morgan fingerprint density at radius 1 is 0.809 bits per heavy atom. The van der Waals surface area contributed by atoms with E-state index >= 15 is 0 Å². The zero-order valence-corrected chi connectivity index (χ0v) is 28.6. The number of anilines is 1. The van der Waals surface area contributed by atoms with Crippen LogP contribution in [0.25, 0.3) is 0 Å². The molecule has 4 aromatic carbocycles. The largest absolute Gasteiger partial charge is 0.352 e. The maximum Gasteiger partial charge on any atom is 0.264 e. The van der Waals surface area contributed by atoms with Crippen molar-refractivity contribution in [1.82, 2.24) is 10.2 Å². The summed E-state index contributed by atoms with van der Waals surface area (Å²) in [6, 6.07) is 28.5. The van der Waals surface area contributed by atoms with E-state index in [0.717, 1.165) is 53.1 Å². The molecule has 0 spiro atoms. The first kappa shape index (κ1) is 34.5. The fourth-order valence-electron chi connectivity index (χ4n) is 5.90. The Bertz CT molecular complexity index is 1760. The predicted octanol–water partition coefficient (Wildman–Crippen LogP) is 7.59. The lowest BCUT2D eigenvalue weighted by Crippen LogP contribution is -2.55. The number of carbonyl (C=O) groups is 2. The molecular formula is C37H39Cl2N3O4S. The third-order valence-electron chi connectivity index (χ3n) is 8.47. The normalized spacial score (nSPS) is 14.3. The van der Waals surface area contributed by atoms with E-state index in [1.54, 1.807) is 42.5 Å². The Balaban J connectivity index is 1.56. The van der Waals surface area contributed by atoms with Gasteiger partial charge in [-0.1, -0.05) is 103 Å². The minimum Gasteiger partial charge on any atom is -0.352 e. The van der Waals surface area contributed by atoms with E-state index in [1.807, 2.05) is 43.3 Å². The van der Waals surface area contributed by atoms with Crippen LogP contribution in [0.1, 0.15) is 48.8 Å². The van der Waals surface area contributed by atoms with E-state index in [-0.39, 0.29) is 29.8 Å². The van der Waals surface area contributed by atoms with Gasteiger partial charge in [0.1, 0.15) is 12.6 Å². The smallest absolute Gasteiger partial charge is 0.264 e. The van der Waals surface area contributed by atoms with E-state index in [0.29, 0.717) is 15.7 Å². The van der Waals surface area contributed by atoms with E-state index < -0.39 is 28.5 Å². The first-order valence-electron chi connectivity index (χ1n) is 15.8. The summed E-state index contributed by atoms with van der Waals surface area (Å²) in [5.74, 6) is -0.790. The van der Waals surface area contributed by atoms with Crippen LogP contribution in [0, 0.1) is 6.92 Å².